The monoisotopic (exact) mass is 450 g/mol. The molecule has 33 heavy (non-hydrogen) atoms. The molecule has 2 N–H and O–H groups in total. The summed E-state index contributed by atoms with van der Waals surface area (Å²) in [5.74, 6) is 0.632. The molecule has 176 valence electrons. The van der Waals surface area contributed by atoms with Gasteiger partial charge in [-0.25, -0.2) is 0 Å². The van der Waals surface area contributed by atoms with Crippen molar-refractivity contribution in [2.24, 2.45) is 0 Å². The van der Waals surface area contributed by atoms with E-state index in [0.29, 0.717) is 24.0 Å². The van der Waals surface area contributed by atoms with Crippen LogP contribution in [0.4, 0.5) is 11.4 Å². The Morgan fingerprint density at radius 3 is 1.39 bits per heavy atom. The Labute approximate surface area is 196 Å². The van der Waals surface area contributed by atoms with Gasteiger partial charge in [-0.1, -0.05) is 27.7 Å². The van der Waals surface area contributed by atoms with E-state index in [-0.39, 0.29) is 22.4 Å². The number of hydrogen-bond donors (Lipinski definition) is 2. The van der Waals surface area contributed by atoms with E-state index in [2.05, 4.69) is 38.3 Å². The van der Waals surface area contributed by atoms with E-state index in [1.807, 2.05) is 24.3 Å². The maximum atomic E-state index is 12.2. The molecule has 2 aromatic rings. The van der Waals surface area contributed by atoms with Crippen LogP contribution in [-0.4, -0.2) is 31.4 Å². The molecule has 2 aliphatic heterocycles. The van der Waals surface area contributed by atoms with Crippen LogP contribution < -0.4 is 20.1 Å². The van der Waals surface area contributed by atoms with Crippen molar-refractivity contribution >= 4 is 22.9 Å². The number of anilines is 2. The summed E-state index contributed by atoms with van der Waals surface area (Å²) in [4.78, 5) is 24.5. The van der Waals surface area contributed by atoms with Crippen molar-refractivity contribution in [1.82, 2.24) is 0 Å². The van der Waals surface area contributed by atoms with Crippen LogP contribution in [0.1, 0.15) is 86.2 Å². The van der Waals surface area contributed by atoms with Crippen LogP contribution in [0.5, 0.6) is 11.5 Å². The fourth-order valence-corrected chi connectivity index (χ4v) is 5.55. The minimum Gasteiger partial charge on any atom is -0.452 e. The maximum absolute atomic E-state index is 12.2. The van der Waals surface area contributed by atoms with E-state index >= 15 is 0 Å². The van der Waals surface area contributed by atoms with Crippen molar-refractivity contribution in [3.8, 4) is 11.5 Å². The first-order chi connectivity index (χ1) is 15.3. The zero-order chi connectivity index (χ0) is 24.3. The van der Waals surface area contributed by atoms with Gasteiger partial charge in [-0.05, 0) is 26.0 Å². The van der Waals surface area contributed by atoms with E-state index in [4.69, 9.17) is 9.47 Å². The molecule has 6 heteroatoms. The third-order valence-corrected chi connectivity index (χ3v) is 7.01. The first-order valence-corrected chi connectivity index (χ1v) is 11.4. The molecule has 2 heterocycles. The van der Waals surface area contributed by atoms with Gasteiger partial charge >= 0.3 is 0 Å². The van der Waals surface area contributed by atoms with Gasteiger partial charge in [0.15, 0.2) is 11.6 Å². The molecule has 0 fully saturated rings. The lowest BCUT2D eigenvalue weighted by atomic mass is 9.68. The first kappa shape index (κ1) is 23.1. The van der Waals surface area contributed by atoms with Crippen LogP contribution >= 0.6 is 0 Å². The number of Topliss-reactive ketones (excluding diaryl/α,β-unsaturated/α-hetero) is 2. The van der Waals surface area contributed by atoms with E-state index in [1.54, 1.807) is 27.9 Å². The molecule has 0 saturated carbocycles. The minimum absolute atomic E-state index is 0.0167. The Morgan fingerprint density at radius 1 is 0.727 bits per heavy atom. The van der Waals surface area contributed by atoms with Crippen molar-refractivity contribution in [2.75, 3.05) is 24.7 Å². The molecule has 2 aromatic carbocycles. The molecule has 0 radical (unpaired) electrons. The van der Waals surface area contributed by atoms with E-state index in [0.717, 1.165) is 34.0 Å². The van der Waals surface area contributed by atoms with Crippen LogP contribution in [-0.2, 0) is 10.8 Å². The highest BCUT2D eigenvalue weighted by molar-refractivity contribution is 6.01. The topological polar surface area (TPSA) is 76.7 Å². The zero-order valence-corrected chi connectivity index (χ0v) is 20.9. The number of rotatable bonds is 4. The summed E-state index contributed by atoms with van der Waals surface area (Å²) < 4.78 is 13.3. The van der Waals surface area contributed by atoms with E-state index in [1.165, 1.54) is 0 Å². The third-order valence-electron chi connectivity index (χ3n) is 7.01. The van der Waals surface area contributed by atoms with Crippen molar-refractivity contribution < 1.29 is 19.1 Å². The highest BCUT2D eigenvalue weighted by Crippen LogP contribution is 2.54. The maximum Gasteiger partial charge on any atom is 0.252 e. The zero-order valence-electron chi connectivity index (χ0n) is 20.9. The first-order valence-electron chi connectivity index (χ1n) is 11.4. The van der Waals surface area contributed by atoms with E-state index in [9.17, 15) is 9.59 Å². The van der Waals surface area contributed by atoms with Crippen molar-refractivity contribution in [3.05, 3.63) is 46.5 Å². The van der Waals surface area contributed by atoms with Gasteiger partial charge in [0, 0.05) is 83.5 Å². The highest BCUT2D eigenvalue weighted by Gasteiger charge is 2.53. The predicted octanol–water partition coefficient (Wildman–Crippen LogP) is 5.69. The van der Waals surface area contributed by atoms with Gasteiger partial charge in [0.1, 0.15) is 11.5 Å². The second-order valence-electron chi connectivity index (χ2n) is 10.6. The molecule has 0 saturated heterocycles. The Morgan fingerprint density at radius 2 is 1.09 bits per heavy atom. The standard InChI is InChI=1S/C27H34N2O4/c1-15(30)17-9-19-23(11-21(17)28-7)32-27(13-25(19,3)4)14-26(5,6)20-10-18(16(2)31)22(29-8)12-24(20)33-27/h9-12,28-29H,13-14H2,1-8H3. The number of benzene rings is 2. The van der Waals surface area contributed by atoms with Crippen LogP contribution in [0.2, 0.25) is 0 Å². The van der Waals surface area contributed by atoms with Crippen molar-refractivity contribution in [2.45, 2.75) is 71.0 Å². The molecule has 0 aliphatic carbocycles. The van der Waals surface area contributed by atoms with Gasteiger partial charge in [-0.15, -0.1) is 0 Å². The number of carbonyl (C=O) groups is 2. The number of ether oxygens (including phenoxy) is 2. The molecule has 0 unspecified atom stereocenters. The van der Waals surface area contributed by atoms with Gasteiger partial charge in [0.2, 0.25) is 0 Å². The number of hydrogen-bond acceptors (Lipinski definition) is 6. The molecule has 0 aromatic heterocycles. The summed E-state index contributed by atoms with van der Waals surface area (Å²) in [7, 11) is 3.61. The van der Waals surface area contributed by atoms with Crippen LogP contribution in [0.15, 0.2) is 24.3 Å². The minimum atomic E-state index is -0.863. The molecule has 0 atom stereocenters. The van der Waals surface area contributed by atoms with Crippen LogP contribution in [0.25, 0.3) is 0 Å². The van der Waals surface area contributed by atoms with Crippen LogP contribution in [0, 0.1) is 0 Å². The fourth-order valence-electron chi connectivity index (χ4n) is 5.55. The summed E-state index contributed by atoms with van der Waals surface area (Å²) in [6, 6.07) is 7.74. The molecule has 0 bridgehead atoms. The predicted molar refractivity (Wildman–Crippen MR) is 131 cm³/mol. The molecule has 1 spiro atoms. The normalized spacial score (nSPS) is 18.9. The molecule has 0 amide bonds. The van der Waals surface area contributed by atoms with E-state index < -0.39 is 5.79 Å². The molecule has 6 nitrogen and oxygen atoms in total. The number of carbonyl (C=O) groups excluding carboxylic acids is 2. The largest absolute Gasteiger partial charge is 0.452 e. The SMILES string of the molecule is CNc1cc2c(cc1C(C)=O)C(C)(C)CC1(CC(C)(C)c3cc(C(C)=O)c(NC)cc3O1)O2. The summed E-state index contributed by atoms with van der Waals surface area (Å²) in [6.45, 7) is 11.8. The summed E-state index contributed by atoms with van der Waals surface area (Å²) >= 11 is 0. The van der Waals surface area contributed by atoms with Gasteiger partial charge in [0.05, 0.1) is 0 Å². The van der Waals surface area contributed by atoms with Gasteiger partial charge in [-0.3, -0.25) is 9.59 Å². The number of fused-ring (bicyclic) bond motifs is 2. The molecular formula is C27H34N2O4. The Balaban J connectivity index is 1.85. The lowest BCUT2D eigenvalue weighted by molar-refractivity contribution is -0.166. The Hall–Kier alpha value is -3.02. The number of ketones is 2. The van der Waals surface area contributed by atoms with Crippen molar-refractivity contribution in [1.29, 1.82) is 0 Å². The summed E-state index contributed by atoms with van der Waals surface area (Å²) in [5, 5.41) is 6.26. The second kappa shape index (κ2) is 7.51. The van der Waals surface area contributed by atoms with Gasteiger partial charge < -0.3 is 20.1 Å². The van der Waals surface area contributed by atoms with Crippen LogP contribution in [0.3, 0.4) is 0 Å². The highest BCUT2D eigenvalue weighted by atomic mass is 16.7. The Kier molecular flexibility index (Phi) is 5.26. The third kappa shape index (κ3) is 3.75. The molecule has 4 rings (SSSR count). The summed E-state index contributed by atoms with van der Waals surface area (Å²) in [6.07, 6.45) is 1.27. The second-order valence-corrected chi connectivity index (χ2v) is 10.6. The lowest BCUT2D eigenvalue weighted by Gasteiger charge is -2.51. The molecular weight excluding hydrogens is 416 g/mol. The van der Waals surface area contributed by atoms with Crippen molar-refractivity contribution in [3.63, 3.8) is 0 Å². The quantitative estimate of drug-likeness (QED) is 0.583. The average Bonchev–Trinajstić information content (AvgIpc) is 2.70. The van der Waals surface area contributed by atoms with Gasteiger partial charge in [-0.2, -0.15) is 0 Å². The van der Waals surface area contributed by atoms with Gasteiger partial charge in [0.25, 0.3) is 5.79 Å². The molecule has 2 aliphatic rings. The smallest absolute Gasteiger partial charge is 0.252 e. The Bertz CT molecular complexity index is 1070. The lowest BCUT2D eigenvalue weighted by Crippen LogP contribution is -2.55. The number of nitrogens with one attached hydrogen (secondary N) is 2. The fraction of sp³-hybridized carbons (Fsp3) is 0.481. The average molecular weight is 451 g/mol. The summed E-state index contributed by atoms with van der Waals surface area (Å²) in [5.41, 5.74) is 4.27.